The lowest BCUT2D eigenvalue weighted by atomic mass is 9.94. The highest BCUT2D eigenvalue weighted by atomic mass is 16.5. The van der Waals surface area contributed by atoms with Crippen molar-refractivity contribution in [3.8, 4) is 28.4 Å². The Kier molecular flexibility index (Phi) is 5.57. The lowest BCUT2D eigenvalue weighted by Gasteiger charge is -2.16. The number of carbonyl (C=O) groups is 1. The van der Waals surface area contributed by atoms with Gasteiger partial charge in [-0.25, -0.2) is 4.98 Å². The summed E-state index contributed by atoms with van der Waals surface area (Å²) in [5, 5.41) is 1.02. The predicted molar refractivity (Wildman–Crippen MR) is 132 cm³/mol. The third kappa shape index (κ3) is 3.71. The normalized spacial score (nSPS) is 12.7. The van der Waals surface area contributed by atoms with Crippen molar-refractivity contribution < 1.29 is 19.0 Å². The van der Waals surface area contributed by atoms with Gasteiger partial charge >= 0.3 is 0 Å². The lowest BCUT2D eigenvalue weighted by molar-refractivity contribution is 0.0762. The van der Waals surface area contributed by atoms with Gasteiger partial charge in [0.15, 0.2) is 11.5 Å². The minimum atomic E-state index is -0.0602. The van der Waals surface area contributed by atoms with Crippen LogP contribution >= 0.6 is 0 Å². The number of carbonyl (C=O) groups excluding carboxylic acids is 1. The highest BCUT2D eigenvalue weighted by molar-refractivity contribution is 6.06. The van der Waals surface area contributed by atoms with Gasteiger partial charge in [-0.2, -0.15) is 0 Å². The third-order valence-electron chi connectivity index (χ3n) is 6.28. The monoisotopic (exact) mass is 454 g/mol. The summed E-state index contributed by atoms with van der Waals surface area (Å²) in [6, 6.07) is 19.8. The molecule has 1 aromatic heterocycles. The summed E-state index contributed by atoms with van der Waals surface area (Å²) in [6.07, 6.45) is 0. The van der Waals surface area contributed by atoms with Crippen LogP contribution in [0.4, 0.5) is 0 Å². The van der Waals surface area contributed by atoms with E-state index in [0.717, 1.165) is 44.5 Å². The zero-order valence-corrected chi connectivity index (χ0v) is 19.7. The molecule has 0 bridgehead atoms. The van der Waals surface area contributed by atoms with Gasteiger partial charge in [0.25, 0.3) is 5.91 Å². The topological polar surface area (TPSA) is 60.9 Å². The van der Waals surface area contributed by atoms with Crippen molar-refractivity contribution in [3.05, 3.63) is 83.0 Å². The molecule has 2 heterocycles. The zero-order valence-electron chi connectivity index (χ0n) is 19.7. The van der Waals surface area contributed by atoms with Crippen LogP contribution in [-0.4, -0.2) is 37.1 Å². The Bertz CT molecular complexity index is 1400. The first kappa shape index (κ1) is 21.8. The highest BCUT2D eigenvalue weighted by Gasteiger charge is 2.33. The number of methoxy groups -OCH3 is 3. The number of benzene rings is 3. The predicted octanol–water partition coefficient (Wildman–Crippen LogP) is 5.39. The van der Waals surface area contributed by atoms with E-state index in [1.165, 1.54) is 0 Å². The maximum absolute atomic E-state index is 13.4. The van der Waals surface area contributed by atoms with Gasteiger partial charge in [0.2, 0.25) is 0 Å². The van der Waals surface area contributed by atoms with E-state index in [1.54, 1.807) is 21.3 Å². The number of aryl methyl sites for hydroxylation is 1. The Morgan fingerprint density at radius 2 is 1.65 bits per heavy atom. The zero-order chi connectivity index (χ0) is 23.8. The number of nitrogens with zero attached hydrogens (tertiary/aromatic N) is 2. The van der Waals surface area contributed by atoms with Crippen molar-refractivity contribution in [2.45, 2.75) is 20.0 Å². The minimum Gasteiger partial charge on any atom is -0.497 e. The molecule has 1 amide bonds. The first-order chi connectivity index (χ1) is 16.5. The molecular formula is C28H26N2O4. The molecule has 0 radical (unpaired) electrons. The van der Waals surface area contributed by atoms with Gasteiger partial charge in [-0.05, 0) is 60.0 Å². The first-order valence-corrected chi connectivity index (χ1v) is 11.1. The molecular weight excluding hydrogens is 428 g/mol. The van der Waals surface area contributed by atoms with Crippen molar-refractivity contribution in [2.24, 2.45) is 0 Å². The molecule has 0 saturated carbocycles. The molecule has 0 N–H and O–H groups in total. The van der Waals surface area contributed by atoms with Crippen molar-refractivity contribution >= 4 is 16.8 Å². The van der Waals surface area contributed by atoms with Gasteiger partial charge < -0.3 is 19.1 Å². The maximum Gasteiger partial charge on any atom is 0.273 e. The second kappa shape index (κ2) is 8.71. The van der Waals surface area contributed by atoms with Gasteiger partial charge in [0.1, 0.15) is 11.4 Å². The average Bonchev–Trinajstić information content (AvgIpc) is 3.17. The molecule has 172 valence electrons. The molecule has 4 aromatic rings. The molecule has 0 aliphatic carbocycles. The molecule has 3 aromatic carbocycles. The number of rotatable bonds is 6. The number of aromatic nitrogens is 1. The third-order valence-corrected chi connectivity index (χ3v) is 6.28. The van der Waals surface area contributed by atoms with E-state index in [1.807, 2.05) is 59.5 Å². The van der Waals surface area contributed by atoms with E-state index in [4.69, 9.17) is 19.2 Å². The van der Waals surface area contributed by atoms with Crippen molar-refractivity contribution in [1.82, 2.24) is 9.88 Å². The largest absolute Gasteiger partial charge is 0.497 e. The van der Waals surface area contributed by atoms with Crippen molar-refractivity contribution in [3.63, 3.8) is 0 Å². The first-order valence-electron chi connectivity index (χ1n) is 11.1. The molecule has 6 nitrogen and oxygen atoms in total. The number of hydrogen-bond donors (Lipinski definition) is 0. The van der Waals surface area contributed by atoms with Crippen LogP contribution in [0.1, 0.15) is 27.2 Å². The van der Waals surface area contributed by atoms with E-state index in [0.29, 0.717) is 30.3 Å². The van der Waals surface area contributed by atoms with Crippen LogP contribution in [0.3, 0.4) is 0 Å². The van der Waals surface area contributed by atoms with Crippen LogP contribution in [0.15, 0.2) is 60.7 Å². The smallest absolute Gasteiger partial charge is 0.273 e. The summed E-state index contributed by atoms with van der Waals surface area (Å²) in [5.74, 6) is 2.04. The van der Waals surface area contributed by atoms with E-state index in [2.05, 4.69) is 13.0 Å². The number of fused-ring (bicyclic) bond motifs is 2. The van der Waals surface area contributed by atoms with Crippen LogP contribution in [0.5, 0.6) is 17.2 Å². The van der Waals surface area contributed by atoms with Crippen LogP contribution in [0.2, 0.25) is 0 Å². The minimum absolute atomic E-state index is 0.0602. The summed E-state index contributed by atoms with van der Waals surface area (Å²) in [6.45, 7) is 3.05. The van der Waals surface area contributed by atoms with E-state index in [-0.39, 0.29) is 5.91 Å². The number of amides is 1. The fourth-order valence-corrected chi connectivity index (χ4v) is 4.56. The number of ether oxygens (including phenoxy) is 3. The van der Waals surface area contributed by atoms with Gasteiger partial charge in [0, 0.05) is 24.0 Å². The summed E-state index contributed by atoms with van der Waals surface area (Å²) in [7, 11) is 4.89. The Morgan fingerprint density at radius 3 is 2.35 bits per heavy atom. The van der Waals surface area contributed by atoms with Crippen molar-refractivity contribution in [1.29, 1.82) is 0 Å². The molecule has 0 spiro atoms. The molecule has 0 atom stereocenters. The van der Waals surface area contributed by atoms with Gasteiger partial charge in [-0.1, -0.05) is 29.8 Å². The van der Waals surface area contributed by atoms with Gasteiger partial charge in [-0.3, -0.25) is 4.79 Å². The van der Waals surface area contributed by atoms with E-state index in [9.17, 15) is 4.79 Å². The fourth-order valence-electron chi connectivity index (χ4n) is 4.56. The Labute approximate surface area is 198 Å². The lowest BCUT2D eigenvalue weighted by Crippen LogP contribution is -2.23. The van der Waals surface area contributed by atoms with Crippen molar-refractivity contribution in [2.75, 3.05) is 21.3 Å². The summed E-state index contributed by atoms with van der Waals surface area (Å²) < 4.78 is 16.3. The maximum atomic E-state index is 13.4. The highest BCUT2D eigenvalue weighted by Crippen LogP contribution is 2.41. The van der Waals surface area contributed by atoms with E-state index < -0.39 is 0 Å². The van der Waals surface area contributed by atoms with Gasteiger partial charge in [-0.15, -0.1) is 0 Å². The van der Waals surface area contributed by atoms with Crippen LogP contribution in [-0.2, 0) is 13.1 Å². The molecule has 1 aliphatic heterocycles. The summed E-state index contributed by atoms with van der Waals surface area (Å²) >= 11 is 0. The molecule has 34 heavy (non-hydrogen) atoms. The average molecular weight is 455 g/mol. The molecule has 0 fully saturated rings. The van der Waals surface area contributed by atoms with Crippen LogP contribution in [0, 0.1) is 6.92 Å². The second-order valence-corrected chi connectivity index (χ2v) is 8.41. The molecule has 0 saturated heterocycles. The molecule has 5 rings (SSSR count). The summed E-state index contributed by atoms with van der Waals surface area (Å²) in [4.78, 5) is 20.1. The standard InChI is InChI=1S/C28H26N2O4/c1-17-5-11-23-21(13-17)26(19-8-12-24(33-3)25(14-19)34-4)22-16-30(28(31)27(22)29-23)15-18-6-9-20(32-2)10-7-18/h5-14H,15-16H2,1-4H3. The number of hydrogen-bond acceptors (Lipinski definition) is 5. The molecule has 0 unspecified atom stereocenters. The second-order valence-electron chi connectivity index (χ2n) is 8.41. The summed E-state index contributed by atoms with van der Waals surface area (Å²) in [5.41, 5.74) is 6.39. The molecule has 6 heteroatoms. The van der Waals surface area contributed by atoms with Gasteiger partial charge in [0.05, 0.1) is 26.8 Å². The fraction of sp³-hybridized carbons (Fsp3) is 0.214. The Balaban J connectivity index is 1.63. The Hall–Kier alpha value is -4.06. The van der Waals surface area contributed by atoms with E-state index >= 15 is 0 Å². The van der Waals surface area contributed by atoms with Crippen LogP contribution in [0.25, 0.3) is 22.0 Å². The number of pyridine rings is 1. The quantitative estimate of drug-likeness (QED) is 0.391. The Morgan fingerprint density at radius 1 is 0.882 bits per heavy atom. The van der Waals surface area contributed by atoms with Crippen LogP contribution < -0.4 is 14.2 Å². The SMILES string of the molecule is COc1ccc(CN2Cc3c(nc4ccc(C)cc4c3-c3ccc(OC)c(OC)c3)C2=O)cc1. The molecule has 1 aliphatic rings.